The fraction of sp³-hybridized carbons (Fsp3) is 0.333. The zero-order valence-corrected chi connectivity index (χ0v) is 24.6. The summed E-state index contributed by atoms with van der Waals surface area (Å²) >= 11 is 0. The Bertz CT molecular complexity index is 1280. The van der Waals surface area contributed by atoms with Gasteiger partial charge in [-0.25, -0.2) is 18.0 Å². The lowest BCUT2D eigenvalue weighted by atomic mass is 9.60. The van der Waals surface area contributed by atoms with E-state index in [1.807, 2.05) is 81.4 Å². The Labute approximate surface area is 229 Å². The molecule has 1 aliphatic rings. The largest absolute Gasteiger partial charge is 0.454 e. The summed E-state index contributed by atoms with van der Waals surface area (Å²) in [5.41, 5.74) is -0.383. The molecular weight excluding hydrogens is 523 g/mol. The molecule has 1 fully saturated rings. The number of benzene rings is 3. The maximum atomic E-state index is 14.8. The SMILES string of the molecule is C[C@H]1CN([C@@H](c2cc(F)c(F)c(F)c2)[C@H](C(C)(C)C)C(O[SiH3])(c2ccccc2)c2ccccc2)C(=O)C(=O)O1. The molecule has 3 aromatic rings. The van der Waals surface area contributed by atoms with Crippen molar-refractivity contribution in [1.29, 1.82) is 0 Å². The molecule has 0 N–H and O–H groups in total. The summed E-state index contributed by atoms with van der Waals surface area (Å²) in [5, 5.41) is 0. The third kappa shape index (κ3) is 5.25. The topological polar surface area (TPSA) is 55.8 Å². The number of morpholine rings is 1. The van der Waals surface area contributed by atoms with Crippen LogP contribution in [0, 0.1) is 28.8 Å². The Kier molecular flexibility index (Phi) is 8.04. The second-order valence-electron chi connectivity index (χ2n) is 10.9. The second-order valence-corrected chi connectivity index (χ2v) is 11.3. The van der Waals surface area contributed by atoms with Gasteiger partial charge in [-0.15, -0.1) is 0 Å². The Morgan fingerprint density at radius 1 is 0.923 bits per heavy atom. The summed E-state index contributed by atoms with van der Waals surface area (Å²) in [7, 11) is 0.248. The van der Waals surface area contributed by atoms with E-state index in [0.29, 0.717) is 0 Å². The van der Waals surface area contributed by atoms with E-state index in [-0.39, 0.29) is 22.6 Å². The molecule has 206 valence electrons. The summed E-state index contributed by atoms with van der Waals surface area (Å²) in [4.78, 5) is 27.3. The molecule has 0 radical (unpaired) electrons. The highest BCUT2D eigenvalue weighted by Crippen LogP contribution is 2.55. The number of rotatable bonds is 7. The van der Waals surface area contributed by atoms with Gasteiger partial charge >= 0.3 is 11.9 Å². The number of carbonyl (C=O) groups is 2. The molecule has 1 heterocycles. The lowest BCUT2D eigenvalue weighted by Crippen LogP contribution is -2.57. The average Bonchev–Trinajstić information content (AvgIpc) is 2.90. The molecule has 9 heteroatoms. The Hall–Kier alpha value is -3.43. The number of halogens is 3. The fourth-order valence-electron chi connectivity index (χ4n) is 5.85. The molecule has 0 aliphatic carbocycles. The van der Waals surface area contributed by atoms with E-state index in [2.05, 4.69) is 0 Å². The van der Waals surface area contributed by atoms with Gasteiger partial charge in [0, 0.05) is 5.92 Å². The molecule has 1 saturated heterocycles. The van der Waals surface area contributed by atoms with Crippen molar-refractivity contribution in [1.82, 2.24) is 4.90 Å². The molecule has 3 atom stereocenters. The predicted octanol–water partition coefficient (Wildman–Crippen LogP) is 4.82. The van der Waals surface area contributed by atoms with Crippen molar-refractivity contribution in [2.24, 2.45) is 11.3 Å². The highest BCUT2D eigenvalue weighted by Gasteiger charge is 2.55. The highest BCUT2D eigenvalue weighted by molar-refractivity contribution is 6.33. The monoisotopic (exact) mass is 555 g/mol. The molecule has 1 amide bonds. The maximum Gasteiger partial charge on any atom is 0.397 e. The van der Waals surface area contributed by atoms with E-state index in [1.165, 1.54) is 4.90 Å². The standard InChI is InChI=1S/C30H32F3NO4Si/c1-18-17-34(27(35)28(36)37-18)25(19-15-22(31)24(33)23(32)16-19)26(29(2,3)4)30(38-39,20-11-7-5-8-12-20)21-13-9-6-10-14-21/h5-16,18,25-26H,17H2,1-4,39H3/t18-,25-,26+/m0/s1. The van der Waals surface area contributed by atoms with Crippen LogP contribution in [0.15, 0.2) is 72.8 Å². The van der Waals surface area contributed by atoms with Gasteiger partial charge < -0.3 is 14.1 Å². The number of carbonyl (C=O) groups excluding carboxylic acids is 2. The number of ether oxygens (including phenoxy) is 1. The molecule has 0 saturated carbocycles. The molecule has 3 aromatic carbocycles. The van der Waals surface area contributed by atoms with Crippen molar-refractivity contribution in [2.45, 2.75) is 45.4 Å². The van der Waals surface area contributed by atoms with Gasteiger partial charge in [0.05, 0.1) is 12.6 Å². The predicted molar refractivity (Wildman–Crippen MR) is 144 cm³/mol. The number of cyclic esters (lactones) is 1. The maximum absolute atomic E-state index is 14.8. The number of hydrogen-bond donors (Lipinski definition) is 0. The molecule has 5 nitrogen and oxygen atoms in total. The summed E-state index contributed by atoms with van der Waals surface area (Å²) in [6.45, 7) is 7.44. The molecule has 0 spiro atoms. The third-order valence-corrected chi connectivity index (χ3v) is 7.94. The normalized spacial score (nSPS) is 18.1. The Morgan fingerprint density at radius 2 is 1.41 bits per heavy atom. The van der Waals surface area contributed by atoms with Crippen LogP contribution >= 0.6 is 0 Å². The summed E-state index contributed by atoms with van der Waals surface area (Å²) in [6, 6.07) is 19.5. The van der Waals surface area contributed by atoms with Crippen LogP contribution < -0.4 is 0 Å². The van der Waals surface area contributed by atoms with Crippen LogP contribution in [0.1, 0.15) is 50.4 Å². The fourth-order valence-corrected chi connectivity index (χ4v) is 6.58. The lowest BCUT2D eigenvalue weighted by molar-refractivity contribution is -0.178. The van der Waals surface area contributed by atoms with Crippen LogP contribution in [-0.2, 0) is 24.4 Å². The van der Waals surface area contributed by atoms with Crippen LogP contribution in [0.3, 0.4) is 0 Å². The van der Waals surface area contributed by atoms with Gasteiger partial charge in [0.15, 0.2) is 17.5 Å². The number of esters is 1. The van der Waals surface area contributed by atoms with E-state index in [4.69, 9.17) is 9.16 Å². The Balaban J connectivity index is 2.12. The van der Waals surface area contributed by atoms with Crippen LogP contribution in [0.4, 0.5) is 13.2 Å². The van der Waals surface area contributed by atoms with Gasteiger partial charge in [-0.2, -0.15) is 0 Å². The number of amides is 1. The van der Waals surface area contributed by atoms with Crippen molar-refractivity contribution in [3.05, 3.63) is 107 Å². The minimum Gasteiger partial charge on any atom is -0.454 e. The molecule has 39 heavy (non-hydrogen) atoms. The van der Waals surface area contributed by atoms with Crippen molar-refractivity contribution >= 4 is 22.4 Å². The van der Waals surface area contributed by atoms with E-state index in [0.717, 1.165) is 23.3 Å². The zero-order valence-electron chi connectivity index (χ0n) is 22.6. The van der Waals surface area contributed by atoms with Gasteiger partial charge in [0.1, 0.15) is 22.2 Å². The van der Waals surface area contributed by atoms with Crippen molar-refractivity contribution in [3.63, 3.8) is 0 Å². The molecule has 0 unspecified atom stereocenters. The van der Waals surface area contributed by atoms with Gasteiger partial charge in [0.2, 0.25) is 0 Å². The first-order valence-electron chi connectivity index (χ1n) is 12.7. The number of nitrogens with zero attached hydrogens (tertiary/aromatic N) is 1. The number of hydrogen-bond acceptors (Lipinski definition) is 4. The highest BCUT2D eigenvalue weighted by atomic mass is 28.2. The third-order valence-electron chi connectivity index (χ3n) is 7.29. The van der Waals surface area contributed by atoms with Crippen molar-refractivity contribution in [2.75, 3.05) is 6.54 Å². The second kappa shape index (κ2) is 11.0. The van der Waals surface area contributed by atoms with Gasteiger partial charge in [-0.3, -0.25) is 4.79 Å². The van der Waals surface area contributed by atoms with E-state index >= 15 is 0 Å². The van der Waals surface area contributed by atoms with E-state index < -0.39 is 58.4 Å². The molecule has 0 bridgehead atoms. The smallest absolute Gasteiger partial charge is 0.397 e. The van der Waals surface area contributed by atoms with Crippen molar-refractivity contribution < 1.29 is 31.9 Å². The summed E-state index contributed by atoms with van der Waals surface area (Å²) in [6.07, 6.45) is -0.673. The minimum atomic E-state index is -1.61. The lowest BCUT2D eigenvalue weighted by Gasteiger charge is -2.53. The Morgan fingerprint density at radius 3 is 1.85 bits per heavy atom. The van der Waals surface area contributed by atoms with Gasteiger partial charge in [-0.1, -0.05) is 81.4 Å². The van der Waals surface area contributed by atoms with Crippen LogP contribution in [0.25, 0.3) is 0 Å². The van der Waals surface area contributed by atoms with Crippen LogP contribution in [0.5, 0.6) is 0 Å². The van der Waals surface area contributed by atoms with E-state index in [9.17, 15) is 22.8 Å². The van der Waals surface area contributed by atoms with Gasteiger partial charge in [0.25, 0.3) is 0 Å². The molecule has 1 aliphatic heterocycles. The first-order chi connectivity index (χ1) is 18.4. The van der Waals surface area contributed by atoms with E-state index in [1.54, 1.807) is 6.92 Å². The van der Waals surface area contributed by atoms with Gasteiger partial charge in [-0.05, 0) is 41.2 Å². The molecule has 0 aromatic heterocycles. The quantitative estimate of drug-likeness (QED) is 0.182. The summed E-state index contributed by atoms with van der Waals surface area (Å²) < 4.78 is 55.4. The molecule has 4 rings (SSSR count). The van der Waals surface area contributed by atoms with Crippen molar-refractivity contribution in [3.8, 4) is 0 Å². The van der Waals surface area contributed by atoms with Crippen LogP contribution in [-0.4, -0.2) is 39.9 Å². The minimum absolute atomic E-state index is 0.0107. The first-order valence-corrected chi connectivity index (χ1v) is 13.6. The first kappa shape index (κ1) is 28.6. The zero-order chi connectivity index (χ0) is 28.5. The summed E-state index contributed by atoms with van der Waals surface area (Å²) in [5.74, 6) is -7.12. The average molecular weight is 556 g/mol. The van der Waals surface area contributed by atoms with Crippen LogP contribution in [0.2, 0.25) is 0 Å². The molecular formula is C30H32F3NO4Si.